The number of ether oxygens (including phenoxy) is 1. The molecular formula is C25H27FN4O5. The first-order valence-corrected chi connectivity index (χ1v) is 11.5. The van der Waals surface area contributed by atoms with Crippen molar-refractivity contribution in [3.63, 3.8) is 0 Å². The van der Waals surface area contributed by atoms with Gasteiger partial charge in [0, 0.05) is 50.5 Å². The van der Waals surface area contributed by atoms with Gasteiger partial charge in [0.15, 0.2) is 0 Å². The summed E-state index contributed by atoms with van der Waals surface area (Å²) >= 11 is 0. The van der Waals surface area contributed by atoms with Gasteiger partial charge in [0.1, 0.15) is 5.82 Å². The Kier molecular flexibility index (Phi) is 7.40. The van der Waals surface area contributed by atoms with Gasteiger partial charge in [-0.3, -0.25) is 19.2 Å². The molecule has 0 atom stereocenters. The van der Waals surface area contributed by atoms with Crippen molar-refractivity contribution in [1.82, 2.24) is 14.7 Å². The minimum absolute atomic E-state index is 0.0870. The maximum atomic E-state index is 14.0. The third-order valence-corrected chi connectivity index (χ3v) is 6.19. The number of morpholine rings is 1. The van der Waals surface area contributed by atoms with Crippen LogP contribution in [0.1, 0.15) is 26.3 Å². The Labute approximate surface area is 202 Å². The maximum absolute atomic E-state index is 14.0. The molecule has 2 fully saturated rings. The lowest BCUT2D eigenvalue weighted by Crippen LogP contribution is -2.55. The standard InChI is InChI=1S/C25H27FN4O5/c1-17-6-7-18(16-21(17)27-22(31)19-4-2-3-5-20(19)26)23(32)28-8-10-29(11-9-28)24(33)25(34)30-12-14-35-15-13-30/h2-7,16H,8-15H2,1H3,(H,27,31). The molecule has 2 heterocycles. The van der Waals surface area contributed by atoms with Gasteiger partial charge in [-0.1, -0.05) is 18.2 Å². The highest BCUT2D eigenvalue weighted by molar-refractivity contribution is 6.35. The second-order valence-corrected chi connectivity index (χ2v) is 8.45. The number of nitrogens with one attached hydrogen (secondary N) is 1. The van der Waals surface area contributed by atoms with E-state index in [2.05, 4.69) is 5.32 Å². The summed E-state index contributed by atoms with van der Waals surface area (Å²) in [6, 6.07) is 10.6. The number of hydrogen-bond acceptors (Lipinski definition) is 5. The Morgan fingerprint density at radius 3 is 2.09 bits per heavy atom. The number of benzene rings is 2. The molecule has 1 N–H and O–H groups in total. The average molecular weight is 483 g/mol. The Morgan fingerprint density at radius 1 is 0.829 bits per heavy atom. The predicted molar refractivity (Wildman–Crippen MR) is 125 cm³/mol. The molecule has 4 rings (SSSR count). The van der Waals surface area contributed by atoms with Crippen molar-refractivity contribution in [1.29, 1.82) is 0 Å². The monoisotopic (exact) mass is 482 g/mol. The lowest BCUT2D eigenvalue weighted by atomic mass is 10.1. The molecule has 2 saturated heterocycles. The van der Waals surface area contributed by atoms with E-state index < -0.39 is 23.5 Å². The van der Waals surface area contributed by atoms with Gasteiger partial charge in [0.05, 0.1) is 18.8 Å². The van der Waals surface area contributed by atoms with Gasteiger partial charge in [-0.05, 0) is 36.8 Å². The van der Waals surface area contributed by atoms with E-state index in [1.54, 1.807) is 36.1 Å². The van der Waals surface area contributed by atoms with E-state index in [-0.39, 0.29) is 37.6 Å². The molecule has 2 aliphatic rings. The third-order valence-electron chi connectivity index (χ3n) is 6.19. The fourth-order valence-corrected chi connectivity index (χ4v) is 4.06. The first-order chi connectivity index (χ1) is 16.8. The highest BCUT2D eigenvalue weighted by atomic mass is 19.1. The number of nitrogens with zero attached hydrogens (tertiary/aromatic N) is 3. The van der Waals surface area contributed by atoms with Crippen LogP contribution >= 0.6 is 0 Å². The Bertz CT molecular complexity index is 1140. The van der Waals surface area contributed by atoms with Crippen LogP contribution in [0.3, 0.4) is 0 Å². The summed E-state index contributed by atoms with van der Waals surface area (Å²) in [5, 5.41) is 2.68. The van der Waals surface area contributed by atoms with Crippen molar-refractivity contribution in [2.75, 3.05) is 57.8 Å². The fourth-order valence-electron chi connectivity index (χ4n) is 4.06. The molecule has 0 aromatic heterocycles. The molecule has 2 aromatic carbocycles. The van der Waals surface area contributed by atoms with Gasteiger partial charge in [-0.2, -0.15) is 0 Å². The van der Waals surface area contributed by atoms with Gasteiger partial charge in [-0.15, -0.1) is 0 Å². The average Bonchev–Trinajstić information content (AvgIpc) is 2.89. The smallest absolute Gasteiger partial charge is 0.312 e. The van der Waals surface area contributed by atoms with E-state index >= 15 is 0 Å². The lowest BCUT2D eigenvalue weighted by molar-refractivity contribution is -0.154. The summed E-state index contributed by atoms with van der Waals surface area (Å²) in [7, 11) is 0. The van der Waals surface area contributed by atoms with Crippen molar-refractivity contribution in [3.8, 4) is 0 Å². The van der Waals surface area contributed by atoms with Crippen molar-refractivity contribution >= 4 is 29.3 Å². The zero-order valence-corrected chi connectivity index (χ0v) is 19.5. The maximum Gasteiger partial charge on any atom is 0.312 e. The summed E-state index contributed by atoms with van der Waals surface area (Å²) < 4.78 is 19.2. The number of carbonyl (C=O) groups excluding carboxylic acids is 4. The van der Waals surface area contributed by atoms with Gasteiger partial charge in [0.2, 0.25) is 0 Å². The molecule has 0 aliphatic carbocycles. The fraction of sp³-hybridized carbons (Fsp3) is 0.360. The molecule has 35 heavy (non-hydrogen) atoms. The van der Waals surface area contributed by atoms with Crippen LogP contribution in [-0.4, -0.2) is 90.8 Å². The van der Waals surface area contributed by atoms with Crippen molar-refractivity contribution in [3.05, 3.63) is 65.0 Å². The summed E-state index contributed by atoms with van der Waals surface area (Å²) in [6.45, 7) is 4.48. The van der Waals surface area contributed by atoms with Gasteiger partial charge < -0.3 is 24.8 Å². The Hall–Kier alpha value is -3.79. The van der Waals surface area contributed by atoms with Crippen LogP contribution in [0.4, 0.5) is 10.1 Å². The van der Waals surface area contributed by atoms with Crippen LogP contribution in [0.2, 0.25) is 0 Å². The number of anilines is 1. The first-order valence-electron chi connectivity index (χ1n) is 11.5. The third kappa shape index (κ3) is 5.48. The predicted octanol–water partition coefficient (Wildman–Crippen LogP) is 1.53. The van der Waals surface area contributed by atoms with Gasteiger partial charge in [-0.25, -0.2) is 4.39 Å². The zero-order valence-electron chi connectivity index (χ0n) is 19.5. The number of hydrogen-bond donors (Lipinski definition) is 1. The molecule has 184 valence electrons. The minimum Gasteiger partial charge on any atom is -0.378 e. The summed E-state index contributed by atoms with van der Waals surface area (Å²) in [6.07, 6.45) is 0. The zero-order chi connectivity index (χ0) is 24.9. The normalized spacial score (nSPS) is 16.1. The van der Waals surface area contributed by atoms with E-state index in [0.717, 1.165) is 5.56 Å². The van der Waals surface area contributed by atoms with E-state index in [9.17, 15) is 23.6 Å². The minimum atomic E-state index is -0.630. The second kappa shape index (κ2) is 10.6. The SMILES string of the molecule is Cc1ccc(C(=O)N2CCN(C(=O)C(=O)N3CCOCC3)CC2)cc1NC(=O)c1ccccc1F. The molecule has 9 nitrogen and oxygen atoms in total. The van der Waals surface area contributed by atoms with E-state index in [0.29, 0.717) is 37.6 Å². The van der Waals surface area contributed by atoms with E-state index in [1.165, 1.54) is 28.0 Å². The van der Waals surface area contributed by atoms with Crippen LogP contribution in [-0.2, 0) is 14.3 Å². The quantitative estimate of drug-likeness (QED) is 0.669. The molecule has 0 spiro atoms. The Morgan fingerprint density at radius 2 is 1.43 bits per heavy atom. The van der Waals surface area contributed by atoms with Crippen LogP contribution in [0.15, 0.2) is 42.5 Å². The Balaban J connectivity index is 1.38. The van der Waals surface area contributed by atoms with Gasteiger partial charge in [0.25, 0.3) is 11.8 Å². The number of piperazine rings is 1. The molecule has 4 amide bonds. The number of halogens is 1. The second-order valence-electron chi connectivity index (χ2n) is 8.45. The van der Waals surface area contributed by atoms with E-state index in [4.69, 9.17) is 4.74 Å². The molecule has 0 unspecified atom stereocenters. The van der Waals surface area contributed by atoms with Crippen molar-refractivity contribution in [2.24, 2.45) is 0 Å². The van der Waals surface area contributed by atoms with E-state index in [1.807, 2.05) is 0 Å². The van der Waals surface area contributed by atoms with Crippen LogP contribution < -0.4 is 5.32 Å². The molecule has 2 aliphatic heterocycles. The lowest BCUT2D eigenvalue weighted by Gasteiger charge is -2.36. The summed E-state index contributed by atoms with van der Waals surface area (Å²) in [4.78, 5) is 55.2. The van der Waals surface area contributed by atoms with Gasteiger partial charge >= 0.3 is 11.8 Å². The van der Waals surface area contributed by atoms with Crippen LogP contribution in [0.25, 0.3) is 0 Å². The molecule has 2 aromatic rings. The molecule has 0 radical (unpaired) electrons. The number of amides is 4. The van der Waals surface area contributed by atoms with Crippen LogP contribution in [0.5, 0.6) is 0 Å². The number of rotatable bonds is 3. The number of aryl methyl sites for hydroxylation is 1. The summed E-state index contributed by atoms with van der Waals surface area (Å²) in [5.41, 5.74) is 1.41. The molecule has 10 heteroatoms. The molecular weight excluding hydrogens is 455 g/mol. The summed E-state index contributed by atoms with van der Waals surface area (Å²) in [5.74, 6) is -2.59. The van der Waals surface area contributed by atoms with Crippen LogP contribution in [0, 0.1) is 12.7 Å². The largest absolute Gasteiger partial charge is 0.378 e. The molecule has 0 bridgehead atoms. The topological polar surface area (TPSA) is 99.3 Å². The molecule has 0 saturated carbocycles. The number of carbonyl (C=O) groups is 4. The van der Waals surface area contributed by atoms with Crippen molar-refractivity contribution in [2.45, 2.75) is 6.92 Å². The highest BCUT2D eigenvalue weighted by Gasteiger charge is 2.31. The highest BCUT2D eigenvalue weighted by Crippen LogP contribution is 2.20. The first kappa shape index (κ1) is 24.3. The van der Waals surface area contributed by atoms with Crippen molar-refractivity contribution < 1.29 is 28.3 Å².